The third kappa shape index (κ3) is 3.68. The van der Waals surface area contributed by atoms with Crippen LogP contribution in [0.3, 0.4) is 0 Å². The molecule has 0 saturated carbocycles. The van der Waals surface area contributed by atoms with Gasteiger partial charge < -0.3 is 0 Å². The van der Waals surface area contributed by atoms with Crippen LogP contribution in [0.15, 0.2) is 47.0 Å². The molecule has 2 heterocycles. The molecule has 0 saturated heterocycles. The maximum Gasteiger partial charge on any atom is 0.0463 e. The van der Waals surface area contributed by atoms with E-state index in [0.717, 1.165) is 16.3 Å². The average molecular weight is 332 g/mol. The van der Waals surface area contributed by atoms with E-state index >= 15 is 0 Å². The Morgan fingerprint density at radius 1 is 1.14 bits per heavy atom. The average Bonchev–Trinajstić information content (AvgIpc) is 2.96. The normalized spacial score (nSPS) is 13.5. The van der Waals surface area contributed by atoms with Gasteiger partial charge in [0.2, 0.25) is 0 Å². The number of hydrogen-bond acceptors (Lipinski definition) is 2. The number of allylic oxidation sites excluding steroid dienone is 4. The summed E-state index contributed by atoms with van der Waals surface area (Å²) in [4.78, 5) is 5.69. The number of halogens is 1. The van der Waals surface area contributed by atoms with Crippen LogP contribution >= 0.6 is 22.9 Å². The van der Waals surface area contributed by atoms with Crippen molar-refractivity contribution in [3.63, 3.8) is 0 Å². The van der Waals surface area contributed by atoms with Gasteiger partial charge in [-0.15, -0.1) is 11.3 Å². The highest BCUT2D eigenvalue weighted by Crippen LogP contribution is 2.35. The van der Waals surface area contributed by atoms with Crippen molar-refractivity contribution in [3.8, 4) is 11.1 Å². The molecule has 0 fully saturated rings. The van der Waals surface area contributed by atoms with E-state index in [1.165, 1.54) is 16.0 Å². The van der Waals surface area contributed by atoms with Crippen molar-refractivity contribution in [2.75, 3.05) is 0 Å². The van der Waals surface area contributed by atoms with Gasteiger partial charge in [0.25, 0.3) is 0 Å². The van der Waals surface area contributed by atoms with Crippen molar-refractivity contribution in [2.24, 2.45) is 0 Å². The molecule has 2 aromatic heterocycles. The van der Waals surface area contributed by atoms with Crippen LogP contribution in [0.25, 0.3) is 16.7 Å². The molecule has 0 radical (unpaired) electrons. The third-order valence-electron chi connectivity index (χ3n) is 3.53. The van der Waals surface area contributed by atoms with Crippen LogP contribution in [-0.2, 0) is 5.41 Å². The van der Waals surface area contributed by atoms with Gasteiger partial charge in [-0.25, -0.2) is 0 Å². The van der Waals surface area contributed by atoms with E-state index in [9.17, 15) is 0 Å². The van der Waals surface area contributed by atoms with E-state index in [0.29, 0.717) is 0 Å². The van der Waals surface area contributed by atoms with Crippen molar-refractivity contribution in [3.05, 3.63) is 57.5 Å². The highest BCUT2D eigenvalue weighted by atomic mass is 35.5. The number of pyridine rings is 1. The molecular formula is C19H22ClNS. The molecule has 2 aromatic rings. The van der Waals surface area contributed by atoms with Gasteiger partial charge in [-0.2, -0.15) is 0 Å². The van der Waals surface area contributed by atoms with Crippen LogP contribution in [0.4, 0.5) is 0 Å². The number of aromatic nitrogens is 1. The number of nitrogens with zero attached hydrogens (tertiary/aromatic N) is 1. The Balaban J connectivity index is 2.41. The second-order valence-electron chi connectivity index (χ2n) is 6.22. The minimum Gasteiger partial charge on any atom is -0.261 e. The van der Waals surface area contributed by atoms with E-state index in [1.54, 1.807) is 11.3 Å². The molecule has 1 nitrogen and oxygen atoms in total. The highest BCUT2D eigenvalue weighted by Gasteiger charge is 2.16. The molecule has 0 aliphatic carbocycles. The zero-order chi connectivity index (χ0) is 16.3. The Hall–Kier alpha value is -1.38. The molecule has 3 heteroatoms. The van der Waals surface area contributed by atoms with Gasteiger partial charge in [0.1, 0.15) is 0 Å². The Bertz CT molecular complexity index is 717. The second-order valence-corrected chi connectivity index (χ2v) is 7.54. The quantitative estimate of drug-likeness (QED) is 0.573. The van der Waals surface area contributed by atoms with Crippen molar-refractivity contribution in [2.45, 2.75) is 40.0 Å². The summed E-state index contributed by atoms with van der Waals surface area (Å²) in [6.07, 6.45) is 5.88. The first-order valence-corrected chi connectivity index (χ1v) is 8.67. The standard InChI is InChI=1S/C19H22ClNS/c1-6-15(16(20)7-2)17-10-14(12-22-17)13-8-9-21-18(11-13)19(3,4)5/h6-12H,1-5H3/b15-6+,16-7+. The van der Waals surface area contributed by atoms with E-state index < -0.39 is 0 Å². The number of hydrogen-bond donors (Lipinski definition) is 0. The summed E-state index contributed by atoms with van der Waals surface area (Å²) in [5, 5.41) is 2.97. The molecule has 116 valence electrons. The van der Waals surface area contributed by atoms with Gasteiger partial charge >= 0.3 is 0 Å². The van der Waals surface area contributed by atoms with Crippen LogP contribution in [0.1, 0.15) is 45.2 Å². The topological polar surface area (TPSA) is 12.9 Å². The zero-order valence-electron chi connectivity index (χ0n) is 13.8. The SMILES string of the molecule is C/C=C(\C(Cl)=C/C)c1cc(-c2ccnc(C(C)(C)C)c2)cs1. The van der Waals surface area contributed by atoms with Gasteiger partial charge in [0.15, 0.2) is 0 Å². The smallest absolute Gasteiger partial charge is 0.0463 e. The van der Waals surface area contributed by atoms with Crippen molar-refractivity contribution in [1.29, 1.82) is 0 Å². The molecule has 0 aromatic carbocycles. The van der Waals surface area contributed by atoms with Gasteiger partial charge in [-0.3, -0.25) is 4.98 Å². The summed E-state index contributed by atoms with van der Waals surface area (Å²) in [5.41, 5.74) is 4.67. The fraction of sp³-hybridized carbons (Fsp3) is 0.316. The molecule has 0 bridgehead atoms. The fourth-order valence-electron chi connectivity index (χ4n) is 2.20. The molecule has 0 unspecified atom stereocenters. The predicted octanol–water partition coefficient (Wildman–Crippen LogP) is 6.65. The van der Waals surface area contributed by atoms with Gasteiger partial charge in [-0.1, -0.05) is 44.5 Å². The maximum absolute atomic E-state index is 6.30. The van der Waals surface area contributed by atoms with Crippen LogP contribution < -0.4 is 0 Å². The summed E-state index contributed by atoms with van der Waals surface area (Å²) in [5.74, 6) is 0. The lowest BCUT2D eigenvalue weighted by atomic mass is 9.90. The highest BCUT2D eigenvalue weighted by molar-refractivity contribution is 7.11. The third-order valence-corrected chi connectivity index (χ3v) is 4.91. The lowest BCUT2D eigenvalue weighted by Gasteiger charge is -2.18. The molecule has 22 heavy (non-hydrogen) atoms. The van der Waals surface area contributed by atoms with Gasteiger partial charge in [0, 0.05) is 32.8 Å². The van der Waals surface area contributed by atoms with Crippen molar-refractivity contribution >= 4 is 28.5 Å². The first kappa shape index (κ1) is 17.0. The van der Waals surface area contributed by atoms with E-state index in [1.807, 2.05) is 26.1 Å². The van der Waals surface area contributed by atoms with Crippen LogP contribution in [0.2, 0.25) is 0 Å². The van der Waals surface area contributed by atoms with Crippen LogP contribution in [-0.4, -0.2) is 4.98 Å². The molecule has 0 aliphatic heterocycles. The largest absolute Gasteiger partial charge is 0.261 e. The Morgan fingerprint density at radius 2 is 1.86 bits per heavy atom. The fourth-order valence-corrected chi connectivity index (χ4v) is 3.48. The maximum atomic E-state index is 6.30. The summed E-state index contributed by atoms with van der Waals surface area (Å²) < 4.78 is 0. The number of rotatable bonds is 3. The molecule has 2 rings (SSSR count). The Labute approximate surface area is 142 Å². The summed E-state index contributed by atoms with van der Waals surface area (Å²) in [7, 11) is 0. The molecule has 0 N–H and O–H groups in total. The van der Waals surface area contributed by atoms with Crippen molar-refractivity contribution in [1.82, 2.24) is 4.98 Å². The zero-order valence-corrected chi connectivity index (χ0v) is 15.3. The minimum absolute atomic E-state index is 0.0532. The molecule has 0 spiro atoms. The molecule has 0 aliphatic rings. The Morgan fingerprint density at radius 3 is 2.45 bits per heavy atom. The van der Waals surface area contributed by atoms with Gasteiger partial charge in [0.05, 0.1) is 0 Å². The minimum atomic E-state index is 0.0532. The molecule has 0 atom stereocenters. The van der Waals surface area contributed by atoms with E-state index in [2.05, 4.69) is 55.4 Å². The monoisotopic (exact) mass is 331 g/mol. The van der Waals surface area contributed by atoms with Crippen molar-refractivity contribution < 1.29 is 0 Å². The van der Waals surface area contributed by atoms with Gasteiger partial charge in [-0.05, 0) is 48.6 Å². The first-order valence-electron chi connectivity index (χ1n) is 7.41. The lowest BCUT2D eigenvalue weighted by molar-refractivity contribution is 0.569. The lowest BCUT2D eigenvalue weighted by Crippen LogP contribution is -2.13. The molecular weight excluding hydrogens is 310 g/mol. The van der Waals surface area contributed by atoms with Crippen LogP contribution in [0.5, 0.6) is 0 Å². The Kier molecular flexibility index (Phi) is 5.25. The molecule has 0 amide bonds. The summed E-state index contributed by atoms with van der Waals surface area (Å²) in [6.45, 7) is 10.5. The van der Waals surface area contributed by atoms with Crippen LogP contribution in [0, 0.1) is 0 Å². The first-order chi connectivity index (χ1) is 10.4. The second kappa shape index (κ2) is 6.80. The summed E-state index contributed by atoms with van der Waals surface area (Å²) in [6, 6.07) is 6.44. The van der Waals surface area contributed by atoms with E-state index in [4.69, 9.17) is 11.6 Å². The predicted molar refractivity (Wildman–Crippen MR) is 99.5 cm³/mol. The number of thiophene rings is 1. The summed E-state index contributed by atoms with van der Waals surface area (Å²) >= 11 is 8.02. The van der Waals surface area contributed by atoms with E-state index in [-0.39, 0.29) is 5.41 Å².